The number of benzene rings is 2. The Morgan fingerprint density at radius 2 is 1.96 bits per heavy atom. The zero-order chi connectivity index (χ0) is 19.4. The van der Waals surface area contributed by atoms with Gasteiger partial charge in [-0.05, 0) is 74.1 Å². The first-order valence-electron chi connectivity index (χ1n) is 9.78. The van der Waals surface area contributed by atoms with Crippen LogP contribution in [0.15, 0.2) is 42.5 Å². The number of carbonyl (C=O) groups excluding carboxylic acids is 1. The van der Waals surface area contributed by atoms with Crippen LogP contribution >= 0.6 is 0 Å². The highest BCUT2D eigenvalue weighted by molar-refractivity contribution is 5.94. The van der Waals surface area contributed by atoms with E-state index in [-0.39, 0.29) is 11.9 Å². The number of anilines is 1. The fourth-order valence-electron chi connectivity index (χ4n) is 3.78. The number of amides is 1. The summed E-state index contributed by atoms with van der Waals surface area (Å²) in [6, 6.07) is 14.0. The van der Waals surface area contributed by atoms with E-state index in [1.54, 1.807) is 13.2 Å². The number of hydrogen-bond acceptors (Lipinski definition) is 3. The lowest BCUT2D eigenvalue weighted by Gasteiger charge is -2.33. The molecule has 3 rings (SSSR count). The first kappa shape index (κ1) is 19.3. The lowest BCUT2D eigenvalue weighted by molar-refractivity contribution is 0.0940. The summed E-state index contributed by atoms with van der Waals surface area (Å²) in [6.07, 6.45) is 2.58. The van der Waals surface area contributed by atoms with Gasteiger partial charge in [-0.25, -0.2) is 0 Å². The van der Waals surface area contributed by atoms with E-state index in [4.69, 9.17) is 4.74 Å². The molecule has 1 N–H and O–H groups in total. The summed E-state index contributed by atoms with van der Waals surface area (Å²) in [5, 5.41) is 3.09. The van der Waals surface area contributed by atoms with Crippen LogP contribution in [0.2, 0.25) is 0 Å². The maximum atomic E-state index is 12.6. The Hall–Kier alpha value is -2.49. The van der Waals surface area contributed by atoms with Crippen molar-refractivity contribution in [1.82, 2.24) is 5.32 Å². The highest BCUT2D eigenvalue weighted by atomic mass is 16.5. The first-order chi connectivity index (χ1) is 13.0. The smallest absolute Gasteiger partial charge is 0.251 e. The van der Waals surface area contributed by atoms with Crippen molar-refractivity contribution in [3.8, 4) is 5.75 Å². The number of aryl methyl sites for hydroxylation is 1. The fraction of sp³-hybridized carbons (Fsp3) is 0.435. The van der Waals surface area contributed by atoms with E-state index in [1.807, 2.05) is 26.0 Å². The topological polar surface area (TPSA) is 41.6 Å². The predicted molar refractivity (Wildman–Crippen MR) is 111 cm³/mol. The molecule has 0 unspecified atom stereocenters. The average molecular weight is 367 g/mol. The van der Waals surface area contributed by atoms with Gasteiger partial charge in [-0.15, -0.1) is 0 Å². The van der Waals surface area contributed by atoms with Gasteiger partial charge in [0.2, 0.25) is 0 Å². The van der Waals surface area contributed by atoms with Crippen molar-refractivity contribution >= 4 is 11.6 Å². The SMILES string of the molecule is COc1ccc(C(=O)N[C@H](C)c2ccc(N3CCC[C@@H](C)C3)cc2)cc1C. The van der Waals surface area contributed by atoms with Gasteiger partial charge in [0, 0.05) is 24.3 Å². The Morgan fingerprint density at radius 3 is 2.59 bits per heavy atom. The maximum absolute atomic E-state index is 12.6. The highest BCUT2D eigenvalue weighted by Crippen LogP contribution is 2.25. The van der Waals surface area contributed by atoms with Crippen LogP contribution in [-0.4, -0.2) is 26.1 Å². The molecule has 2 aromatic rings. The fourth-order valence-corrected chi connectivity index (χ4v) is 3.78. The third-order valence-electron chi connectivity index (χ3n) is 5.42. The minimum atomic E-state index is -0.0674. The van der Waals surface area contributed by atoms with Gasteiger partial charge in [-0.3, -0.25) is 4.79 Å². The van der Waals surface area contributed by atoms with Crippen molar-refractivity contribution in [2.24, 2.45) is 5.92 Å². The summed E-state index contributed by atoms with van der Waals surface area (Å²) in [7, 11) is 1.64. The Labute approximate surface area is 162 Å². The number of nitrogens with one attached hydrogen (secondary N) is 1. The third kappa shape index (κ3) is 4.62. The molecule has 0 saturated carbocycles. The van der Waals surface area contributed by atoms with Gasteiger partial charge in [0.1, 0.15) is 5.75 Å². The molecule has 0 spiro atoms. The normalized spacial score (nSPS) is 18.1. The molecule has 1 amide bonds. The molecule has 2 atom stereocenters. The summed E-state index contributed by atoms with van der Waals surface area (Å²) in [5.41, 5.74) is 3.99. The number of carbonyl (C=O) groups is 1. The van der Waals surface area contributed by atoms with E-state index in [0.29, 0.717) is 5.56 Å². The van der Waals surface area contributed by atoms with Crippen molar-refractivity contribution < 1.29 is 9.53 Å². The van der Waals surface area contributed by atoms with E-state index in [9.17, 15) is 4.79 Å². The van der Waals surface area contributed by atoms with E-state index in [2.05, 4.69) is 41.4 Å². The van der Waals surface area contributed by atoms with Gasteiger partial charge < -0.3 is 15.0 Å². The second-order valence-electron chi connectivity index (χ2n) is 7.66. The van der Waals surface area contributed by atoms with Crippen LogP contribution < -0.4 is 15.0 Å². The zero-order valence-electron chi connectivity index (χ0n) is 16.8. The summed E-state index contributed by atoms with van der Waals surface area (Å²) in [5.74, 6) is 1.48. The molecule has 1 aliphatic rings. The molecule has 1 aliphatic heterocycles. The number of ether oxygens (including phenoxy) is 1. The summed E-state index contributed by atoms with van der Waals surface area (Å²) >= 11 is 0. The molecule has 0 aliphatic carbocycles. The number of rotatable bonds is 5. The zero-order valence-corrected chi connectivity index (χ0v) is 16.8. The van der Waals surface area contributed by atoms with Crippen molar-refractivity contribution in [2.45, 2.75) is 39.7 Å². The molecule has 0 radical (unpaired) electrons. The average Bonchev–Trinajstić information content (AvgIpc) is 2.68. The molecule has 27 heavy (non-hydrogen) atoms. The van der Waals surface area contributed by atoms with Gasteiger partial charge >= 0.3 is 0 Å². The van der Waals surface area contributed by atoms with Gasteiger partial charge in [-0.1, -0.05) is 19.1 Å². The monoisotopic (exact) mass is 366 g/mol. The van der Waals surface area contributed by atoms with Gasteiger partial charge in [0.15, 0.2) is 0 Å². The predicted octanol–water partition coefficient (Wildman–Crippen LogP) is 4.73. The van der Waals surface area contributed by atoms with Crippen LogP contribution in [0.3, 0.4) is 0 Å². The van der Waals surface area contributed by atoms with Crippen molar-refractivity contribution in [3.63, 3.8) is 0 Å². The Kier molecular flexibility index (Phi) is 6.04. The van der Waals surface area contributed by atoms with Crippen LogP contribution in [0.25, 0.3) is 0 Å². The molecular weight excluding hydrogens is 336 g/mol. The molecule has 2 aromatic carbocycles. The van der Waals surface area contributed by atoms with Crippen molar-refractivity contribution in [2.75, 3.05) is 25.1 Å². The molecule has 1 fully saturated rings. The molecule has 144 valence electrons. The number of nitrogens with zero attached hydrogens (tertiary/aromatic N) is 1. The third-order valence-corrected chi connectivity index (χ3v) is 5.42. The van der Waals surface area contributed by atoms with E-state index in [1.165, 1.54) is 18.5 Å². The van der Waals surface area contributed by atoms with Crippen LogP contribution in [0.5, 0.6) is 5.75 Å². The highest BCUT2D eigenvalue weighted by Gasteiger charge is 2.17. The van der Waals surface area contributed by atoms with Crippen LogP contribution in [0, 0.1) is 12.8 Å². The molecule has 0 aromatic heterocycles. The minimum absolute atomic E-state index is 0.0470. The quantitative estimate of drug-likeness (QED) is 0.832. The van der Waals surface area contributed by atoms with E-state index in [0.717, 1.165) is 35.9 Å². The molecule has 4 heteroatoms. The molecular formula is C23H30N2O2. The summed E-state index contributed by atoms with van der Waals surface area (Å²) < 4.78 is 5.26. The molecule has 1 heterocycles. The second-order valence-corrected chi connectivity index (χ2v) is 7.66. The second kappa shape index (κ2) is 8.47. The number of piperidine rings is 1. The van der Waals surface area contributed by atoms with Crippen LogP contribution in [-0.2, 0) is 0 Å². The minimum Gasteiger partial charge on any atom is -0.496 e. The largest absolute Gasteiger partial charge is 0.496 e. The Balaban J connectivity index is 1.64. The summed E-state index contributed by atoms with van der Waals surface area (Å²) in [6.45, 7) is 8.54. The van der Waals surface area contributed by atoms with Crippen molar-refractivity contribution in [1.29, 1.82) is 0 Å². The molecule has 0 bridgehead atoms. The van der Waals surface area contributed by atoms with Gasteiger partial charge in [0.25, 0.3) is 5.91 Å². The van der Waals surface area contributed by atoms with E-state index >= 15 is 0 Å². The number of hydrogen-bond donors (Lipinski definition) is 1. The van der Waals surface area contributed by atoms with Gasteiger partial charge in [-0.2, -0.15) is 0 Å². The van der Waals surface area contributed by atoms with Crippen molar-refractivity contribution in [3.05, 3.63) is 59.2 Å². The van der Waals surface area contributed by atoms with Crippen LogP contribution in [0.4, 0.5) is 5.69 Å². The van der Waals surface area contributed by atoms with E-state index < -0.39 is 0 Å². The number of methoxy groups -OCH3 is 1. The first-order valence-corrected chi connectivity index (χ1v) is 9.78. The lowest BCUT2D eigenvalue weighted by atomic mass is 9.99. The standard InChI is InChI=1S/C23H30N2O2/c1-16-6-5-13-25(15-16)21-10-7-19(8-11-21)18(3)24-23(26)20-9-12-22(27-4)17(2)14-20/h7-12,14,16,18H,5-6,13,15H2,1-4H3,(H,24,26)/t16-,18-/m1/s1. The maximum Gasteiger partial charge on any atom is 0.251 e. The molecule has 4 nitrogen and oxygen atoms in total. The Bertz CT molecular complexity index is 785. The molecule has 1 saturated heterocycles. The summed E-state index contributed by atoms with van der Waals surface area (Å²) in [4.78, 5) is 15.0. The lowest BCUT2D eigenvalue weighted by Crippen LogP contribution is -2.34. The van der Waals surface area contributed by atoms with Gasteiger partial charge in [0.05, 0.1) is 13.2 Å². The Morgan fingerprint density at radius 1 is 1.22 bits per heavy atom. The van der Waals surface area contributed by atoms with Crippen LogP contribution in [0.1, 0.15) is 54.2 Å².